The van der Waals surface area contributed by atoms with Crippen LogP contribution in [0.4, 0.5) is 16.3 Å². The predicted octanol–water partition coefficient (Wildman–Crippen LogP) is 5.76. The molecule has 0 spiro atoms. The number of methoxy groups -OCH3 is 1. The molecular formula is C28H37N5O3. The third kappa shape index (κ3) is 6.87. The molecule has 0 saturated carbocycles. The van der Waals surface area contributed by atoms with E-state index in [1.165, 1.54) is 0 Å². The van der Waals surface area contributed by atoms with Crippen LogP contribution in [0, 0.1) is 6.92 Å². The number of rotatable bonds is 9. The fourth-order valence-corrected chi connectivity index (χ4v) is 3.62. The normalized spacial score (nSPS) is 11.2. The summed E-state index contributed by atoms with van der Waals surface area (Å²) >= 11 is 0. The number of nitrogens with one attached hydrogen (secondary N) is 2. The van der Waals surface area contributed by atoms with E-state index in [0.717, 1.165) is 41.2 Å². The van der Waals surface area contributed by atoms with Gasteiger partial charge in [-0.25, -0.2) is 9.48 Å². The lowest BCUT2D eigenvalue weighted by Gasteiger charge is -2.23. The Morgan fingerprint density at radius 3 is 2.36 bits per heavy atom. The van der Waals surface area contributed by atoms with Gasteiger partial charge in [0.1, 0.15) is 18.1 Å². The van der Waals surface area contributed by atoms with Gasteiger partial charge < -0.3 is 20.3 Å². The zero-order chi connectivity index (χ0) is 26.3. The molecule has 0 aliphatic rings. The molecule has 3 rings (SSSR count). The van der Waals surface area contributed by atoms with E-state index >= 15 is 0 Å². The van der Waals surface area contributed by atoms with Crippen LogP contribution in [0.5, 0.6) is 5.75 Å². The fourth-order valence-electron chi connectivity index (χ4n) is 3.62. The summed E-state index contributed by atoms with van der Waals surface area (Å²) < 4.78 is 6.97. The minimum Gasteiger partial charge on any atom is -0.497 e. The maximum absolute atomic E-state index is 13.2. The number of unbranched alkanes of at least 4 members (excludes halogenated alkanes) is 1. The van der Waals surface area contributed by atoms with Crippen LogP contribution in [-0.2, 0) is 10.2 Å². The molecular weight excluding hydrogens is 454 g/mol. The summed E-state index contributed by atoms with van der Waals surface area (Å²) in [6.07, 6.45) is 1.71. The molecule has 2 N–H and O–H groups in total. The Hall–Kier alpha value is -3.81. The van der Waals surface area contributed by atoms with Crippen molar-refractivity contribution in [1.82, 2.24) is 14.7 Å². The highest BCUT2D eigenvalue weighted by atomic mass is 16.5. The summed E-state index contributed by atoms with van der Waals surface area (Å²) in [7, 11) is 1.62. The average molecular weight is 492 g/mol. The standard InChI is InChI=1S/C28H37N5O3/c1-7-8-17-32(27(35)29-23-12-10-9-11-20(23)2)19-26(34)30-25-18-24(28(3,4)5)31-33(25)21-13-15-22(36-6)16-14-21/h9-16,18H,7-8,17,19H2,1-6H3,(H,29,35)(H,30,34). The number of amides is 3. The van der Waals surface area contributed by atoms with E-state index < -0.39 is 0 Å². The first kappa shape index (κ1) is 26.8. The van der Waals surface area contributed by atoms with Gasteiger partial charge in [0.15, 0.2) is 0 Å². The molecule has 8 heteroatoms. The molecule has 36 heavy (non-hydrogen) atoms. The lowest BCUT2D eigenvalue weighted by Crippen LogP contribution is -2.41. The van der Waals surface area contributed by atoms with E-state index in [1.54, 1.807) is 16.7 Å². The van der Waals surface area contributed by atoms with Crippen LogP contribution in [0.2, 0.25) is 0 Å². The van der Waals surface area contributed by atoms with Crippen LogP contribution in [-0.4, -0.2) is 46.8 Å². The number of nitrogens with zero attached hydrogens (tertiary/aromatic N) is 3. The van der Waals surface area contributed by atoms with Crippen molar-refractivity contribution in [3.8, 4) is 11.4 Å². The van der Waals surface area contributed by atoms with Crippen molar-refractivity contribution in [3.63, 3.8) is 0 Å². The molecule has 1 aromatic heterocycles. The number of aryl methyl sites for hydroxylation is 1. The van der Waals surface area contributed by atoms with Crippen molar-refractivity contribution < 1.29 is 14.3 Å². The predicted molar refractivity (Wildman–Crippen MR) is 144 cm³/mol. The van der Waals surface area contributed by atoms with Gasteiger partial charge in [0.05, 0.1) is 18.5 Å². The second-order valence-electron chi connectivity index (χ2n) is 9.84. The summed E-state index contributed by atoms with van der Waals surface area (Å²) in [6.45, 7) is 10.6. The summed E-state index contributed by atoms with van der Waals surface area (Å²) in [5.41, 5.74) is 3.12. The second kappa shape index (κ2) is 11.7. The minimum atomic E-state index is -0.299. The number of para-hydroxylation sites is 1. The Bertz CT molecular complexity index is 1180. The van der Waals surface area contributed by atoms with Gasteiger partial charge in [-0.05, 0) is 49.2 Å². The molecule has 0 fully saturated rings. The third-order valence-electron chi connectivity index (χ3n) is 5.85. The first-order chi connectivity index (χ1) is 17.1. The van der Waals surface area contributed by atoms with E-state index in [0.29, 0.717) is 12.4 Å². The van der Waals surface area contributed by atoms with E-state index in [1.807, 2.05) is 61.5 Å². The Morgan fingerprint density at radius 2 is 1.75 bits per heavy atom. The lowest BCUT2D eigenvalue weighted by atomic mass is 9.92. The van der Waals surface area contributed by atoms with E-state index in [-0.39, 0.29) is 23.9 Å². The molecule has 1 heterocycles. The zero-order valence-electron chi connectivity index (χ0n) is 22.1. The smallest absolute Gasteiger partial charge is 0.322 e. The van der Waals surface area contributed by atoms with E-state index in [9.17, 15) is 9.59 Å². The molecule has 0 unspecified atom stereocenters. The lowest BCUT2D eigenvalue weighted by molar-refractivity contribution is -0.116. The number of hydrogen-bond donors (Lipinski definition) is 2. The Balaban J connectivity index is 1.81. The van der Waals surface area contributed by atoms with Crippen LogP contribution in [0.3, 0.4) is 0 Å². The first-order valence-electron chi connectivity index (χ1n) is 12.3. The molecule has 192 valence electrons. The summed E-state index contributed by atoms with van der Waals surface area (Å²) in [4.78, 5) is 27.8. The third-order valence-corrected chi connectivity index (χ3v) is 5.85. The largest absolute Gasteiger partial charge is 0.497 e. The van der Waals surface area contributed by atoms with Gasteiger partial charge in [-0.2, -0.15) is 5.10 Å². The molecule has 8 nitrogen and oxygen atoms in total. The van der Waals surface area contributed by atoms with Crippen molar-refractivity contribution in [2.75, 3.05) is 30.8 Å². The average Bonchev–Trinajstić information content (AvgIpc) is 3.27. The second-order valence-corrected chi connectivity index (χ2v) is 9.84. The van der Waals surface area contributed by atoms with Gasteiger partial charge in [0.2, 0.25) is 5.91 Å². The van der Waals surface area contributed by atoms with Gasteiger partial charge in [0.25, 0.3) is 0 Å². The summed E-state index contributed by atoms with van der Waals surface area (Å²) in [6, 6.07) is 16.6. The quantitative estimate of drug-likeness (QED) is 0.398. The maximum Gasteiger partial charge on any atom is 0.322 e. The topological polar surface area (TPSA) is 88.5 Å². The summed E-state index contributed by atoms with van der Waals surface area (Å²) in [5, 5.41) is 10.7. The molecule has 0 aliphatic heterocycles. The van der Waals surface area contributed by atoms with Crippen molar-refractivity contribution >= 4 is 23.4 Å². The molecule has 3 amide bonds. The van der Waals surface area contributed by atoms with Crippen molar-refractivity contribution in [3.05, 3.63) is 65.9 Å². The Labute approximate surface area is 213 Å². The van der Waals surface area contributed by atoms with E-state index in [2.05, 4.69) is 38.3 Å². The molecule has 0 saturated heterocycles. The number of urea groups is 1. The molecule has 0 atom stereocenters. The van der Waals surface area contributed by atoms with Gasteiger partial charge >= 0.3 is 6.03 Å². The van der Waals surface area contributed by atoms with Crippen molar-refractivity contribution in [2.45, 2.75) is 52.9 Å². The summed E-state index contributed by atoms with van der Waals surface area (Å²) in [5.74, 6) is 0.991. The van der Waals surface area contributed by atoms with Crippen LogP contribution < -0.4 is 15.4 Å². The minimum absolute atomic E-state index is 0.0731. The zero-order valence-corrected chi connectivity index (χ0v) is 22.1. The number of benzene rings is 2. The van der Waals surface area contributed by atoms with Crippen molar-refractivity contribution in [2.24, 2.45) is 0 Å². The highest BCUT2D eigenvalue weighted by Gasteiger charge is 2.23. The number of ether oxygens (including phenoxy) is 1. The monoisotopic (exact) mass is 491 g/mol. The number of aromatic nitrogens is 2. The van der Waals surface area contributed by atoms with Crippen LogP contribution in [0.15, 0.2) is 54.6 Å². The molecule has 0 aliphatic carbocycles. The Kier molecular flexibility index (Phi) is 8.74. The van der Waals surface area contributed by atoms with Crippen LogP contribution in [0.1, 0.15) is 51.8 Å². The number of carbonyl (C=O) groups is 2. The highest BCUT2D eigenvalue weighted by molar-refractivity contribution is 5.97. The van der Waals surface area contributed by atoms with E-state index in [4.69, 9.17) is 9.84 Å². The number of anilines is 2. The SMILES string of the molecule is CCCCN(CC(=O)Nc1cc(C(C)(C)C)nn1-c1ccc(OC)cc1)C(=O)Nc1ccccc1C. The van der Waals surface area contributed by atoms with Gasteiger partial charge in [-0.1, -0.05) is 52.3 Å². The number of hydrogen-bond acceptors (Lipinski definition) is 4. The van der Waals surface area contributed by atoms with Crippen molar-refractivity contribution in [1.29, 1.82) is 0 Å². The molecule has 0 bridgehead atoms. The van der Waals surface area contributed by atoms with Gasteiger partial charge in [-0.3, -0.25) is 4.79 Å². The molecule has 3 aromatic rings. The fraction of sp³-hybridized carbons (Fsp3) is 0.393. The Morgan fingerprint density at radius 1 is 1.06 bits per heavy atom. The maximum atomic E-state index is 13.2. The van der Waals surface area contributed by atoms with Gasteiger partial charge in [0, 0.05) is 23.7 Å². The van der Waals surface area contributed by atoms with Gasteiger partial charge in [-0.15, -0.1) is 0 Å². The van der Waals surface area contributed by atoms with Crippen LogP contribution in [0.25, 0.3) is 5.69 Å². The molecule has 0 radical (unpaired) electrons. The molecule has 2 aromatic carbocycles. The van der Waals surface area contributed by atoms with Crippen LogP contribution >= 0.6 is 0 Å². The first-order valence-corrected chi connectivity index (χ1v) is 12.3. The number of carbonyl (C=O) groups excluding carboxylic acids is 2. The highest BCUT2D eigenvalue weighted by Crippen LogP contribution is 2.27.